The highest BCUT2D eigenvalue weighted by atomic mass is 15.3. The van der Waals surface area contributed by atoms with Crippen molar-refractivity contribution in [2.75, 3.05) is 6.54 Å². The minimum absolute atomic E-state index is 0.355. The first-order valence-corrected chi connectivity index (χ1v) is 5.95. The Balaban J connectivity index is 2.41. The van der Waals surface area contributed by atoms with Gasteiger partial charge in [-0.25, -0.2) is 4.68 Å². The van der Waals surface area contributed by atoms with Gasteiger partial charge in [-0.15, -0.1) is 0 Å². The van der Waals surface area contributed by atoms with E-state index in [0.717, 1.165) is 11.4 Å². The fraction of sp³-hybridized carbons (Fsp3) is 0.357. The molecule has 0 spiro atoms. The van der Waals surface area contributed by atoms with Gasteiger partial charge in [0.25, 0.3) is 0 Å². The SMILES string of the molecule is Cc1cccc(-n2cc(C(C)CN)c(C)n2)c1. The summed E-state index contributed by atoms with van der Waals surface area (Å²) in [7, 11) is 0. The molecule has 17 heavy (non-hydrogen) atoms. The zero-order valence-corrected chi connectivity index (χ0v) is 10.6. The second-order valence-corrected chi connectivity index (χ2v) is 4.59. The number of hydrogen-bond donors (Lipinski definition) is 1. The van der Waals surface area contributed by atoms with Gasteiger partial charge in [-0.2, -0.15) is 5.10 Å². The largest absolute Gasteiger partial charge is 0.330 e. The zero-order valence-electron chi connectivity index (χ0n) is 10.6. The Hall–Kier alpha value is -1.61. The van der Waals surface area contributed by atoms with E-state index >= 15 is 0 Å². The van der Waals surface area contributed by atoms with Crippen LogP contribution in [0.1, 0.15) is 29.7 Å². The summed E-state index contributed by atoms with van der Waals surface area (Å²) in [5, 5.41) is 4.55. The fourth-order valence-corrected chi connectivity index (χ4v) is 1.99. The van der Waals surface area contributed by atoms with Crippen LogP contribution < -0.4 is 5.73 Å². The van der Waals surface area contributed by atoms with Crippen molar-refractivity contribution in [3.63, 3.8) is 0 Å². The maximum absolute atomic E-state index is 5.71. The summed E-state index contributed by atoms with van der Waals surface area (Å²) in [6, 6.07) is 8.33. The monoisotopic (exact) mass is 229 g/mol. The van der Waals surface area contributed by atoms with E-state index in [0.29, 0.717) is 12.5 Å². The highest BCUT2D eigenvalue weighted by Crippen LogP contribution is 2.19. The van der Waals surface area contributed by atoms with Crippen molar-refractivity contribution in [3.05, 3.63) is 47.3 Å². The van der Waals surface area contributed by atoms with Crippen molar-refractivity contribution in [1.29, 1.82) is 0 Å². The summed E-state index contributed by atoms with van der Waals surface area (Å²) in [5.41, 5.74) is 10.3. The second kappa shape index (κ2) is 4.72. The highest BCUT2D eigenvalue weighted by Gasteiger charge is 2.11. The van der Waals surface area contributed by atoms with Crippen molar-refractivity contribution in [2.24, 2.45) is 5.73 Å². The van der Waals surface area contributed by atoms with Crippen LogP contribution in [0.2, 0.25) is 0 Å². The number of nitrogens with zero attached hydrogens (tertiary/aromatic N) is 2. The summed E-state index contributed by atoms with van der Waals surface area (Å²) in [6.07, 6.45) is 2.08. The van der Waals surface area contributed by atoms with E-state index in [1.54, 1.807) is 0 Å². The van der Waals surface area contributed by atoms with Crippen molar-refractivity contribution in [2.45, 2.75) is 26.7 Å². The summed E-state index contributed by atoms with van der Waals surface area (Å²) in [5.74, 6) is 0.355. The van der Waals surface area contributed by atoms with Crippen LogP contribution in [-0.4, -0.2) is 16.3 Å². The summed E-state index contributed by atoms with van der Waals surface area (Å²) < 4.78 is 1.93. The van der Waals surface area contributed by atoms with E-state index in [-0.39, 0.29) is 0 Å². The molecule has 0 aliphatic carbocycles. The Kier molecular flexibility index (Phi) is 3.29. The topological polar surface area (TPSA) is 43.8 Å². The lowest BCUT2D eigenvalue weighted by Gasteiger charge is -2.05. The molecule has 1 aromatic heterocycles. The number of aryl methyl sites for hydroxylation is 2. The van der Waals surface area contributed by atoms with Crippen LogP contribution in [0, 0.1) is 13.8 Å². The summed E-state index contributed by atoms with van der Waals surface area (Å²) in [4.78, 5) is 0. The smallest absolute Gasteiger partial charge is 0.0648 e. The molecular formula is C14H19N3. The van der Waals surface area contributed by atoms with Gasteiger partial charge in [0.15, 0.2) is 0 Å². The standard InChI is InChI=1S/C14H19N3/c1-10-5-4-6-13(7-10)17-9-14(11(2)8-15)12(3)16-17/h4-7,9,11H,8,15H2,1-3H3. The fourth-order valence-electron chi connectivity index (χ4n) is 1.99. The predicted molar refractivity (Wildman–Crippen MR) is 70.5 cm³/mol. The molecule has 3 nitrogen and oxygen atoms in total. The van der Waals surface area contributed by atoms with E-state index in [4.69, 9.17) is 5.73 Å². The summed E-state index contributed by atoms with van der Waals surface area (Å²) in [6.45, 7) is 6.90. The van der Waals surface area contributed by atoms with Crippen LogP contribution in [0.25, 0.3) is 5.69 Å². The molecule has 0 bridgehead atoms. The number of hydrogen-bond acceptors (Lipinski definition) is 2. The minimum atomic E-state index is 0.355. The molecule has 0 saturated carbocycles. The second-order valence-electron chi connectivity index (χ2n) is 4.59. The minimum Gasteiger partial charge on any atom is -0.330 e. The maximum atomic E-state index is 5.71. The molecule has 0 aliphatic heterocycles. The van der Waals surface area contributed by atoms with Crippen LogP contribution in [0.15, 0.2) is 30.5 Å². The zero-order chi connectivity index (χ0) is 12.4. The normalized spacial score (nSPS) is 12.7. The number of nitrogens with two attached hydrogens (primary N) is 1. The quantitative estimate of drug-likeness (QED) is 0.879. The Bertz CT molecular complexity index is 514. The molecule has 1 unspecified atom stereocenters. The molecule has 1 heterocycles. The molecule has 0 radical (unpaired) electrons. The number of benzene rings is 1. The summed E-state index contributed by atoms with van der Waals surface area (Å²) >= 11 is 0. The molecule has 2 rings (SSSR count). The molecule has 0 amide bonds. The third-order valence-corrected chi connectivity index (χ3v) is 3.09. The van der Waals surface area contributed by atoms with E-state index < -0.39 is 0 Å². The highest BCUT2D eigenvalue weighted by molar-refractivity contribution is 5.36. The molecule has 2 N–H and O–H groups in total. The van der Waals surface area contributed by atoms with Gasteiger partial charge < -0.3 is 5.73 Å². The van der Waals surface area contributed by atoms with Gasteiger partial charge in [-0.05, 0) is 49.6 Å². The molecular weight excluding hydrogens is 210 g/mol. The first-order chi connectivity index (χ1) is 8.11. The van der Waals surface area contributed by atoms with Crippen LogP contribution in [0.4, 0.5) is 0 Å². The Morgan fingerprint density at radius 1 is 1.35 bits per heavy atom. The molecule has 1 aromatic carbocycles. The van der Waals surface area contributed by atoms with Gasteiger partial charge in [0.1, 0.15) is 0 Å². The lowest BCUT2D eigenvalue weighted by atomic mass is 10.0. The van der Waals surface area contributed by atoms with E-state index in [9.17, 15) is 0 Å². The molecule has 90 valence electrons. The van der Waals surface area contributed by atoms with Gasteiger partial charge in [-0.1, -0.05) is 19.1 Å². The first-order valence-electron chi connectivity index (χ1n) is 5.95. The van der Waals surface area contributed by atoms with E-state index in [2.05, 4.69) is 43.3 Å². The third-order valence-electron chi connectivity index (χ3n) is 3.09. The Morgan fingerprint density at radius 3 is 2.76 bits per heavy atom. The van der Waals surface area contributed by atoms with Crippen LogP contribution in [0.3, 0.4) is 0 Å². The first kappa shape index (κ1) is 11.9. The van der Waals surface area contributed by atoms with Gasteiger partial charge in [-0.3, -0.25) is 0 Å². The van der Waals surface area contributed by atoms with Crippen LogP contribution >= 0.6 is 0 Å². The van der Waals surface area contributed by atoms with Gasteiger partial charge >= 0.3 is 0 Å². The average Bonchev–Trinajstić information content (AvgIpc) is 2.70. The molecule has 0 aliphatic rings. The van der Waals surface area contributed by atoms with Crippen molar-refractivity contribution >= 4 is 0 Å². The van der Waals surface area contributed by atoms with Gasteiger partial charge in [0.2, 0.25) is 0 Å². The lowest BCUT2D eigenvalue weighted by molar-refractivity contribution is 0.768. The molecule has 2 aromatic rings. The van der Waals surface area contributed by atoms with Crippen molar-refractivity contribution in [3.8, 4) is 5.69 Å². The van der Waals surface area contributed by atoms with Crippen molar-refractivity contribution < 1.29 is 0 Å². The van der Waals surface area contributed by atoms with Crippen molar-refractivity contribution in [1.82, 2.24) is 9.78 Å². The van der Waals surface area contributed by atoms with Gasteiger partial charge in [0, 0.05) is 6.20 Å². The predicted octanol–water partition coefficient (Wildman–Crippen LogP) is 2.55. The van der Waals surface area contributed by atoms with E-state index in [1.165, 1.54) is 11.1 Å². The molecule has 1 atom stereocenters. The molecule has 0 saturated heterocycles. The van der Waals surface area contributed by atoms with Crippen LogP contribution in [-0.2, 0) is 0 Å². The Morgan fingerprint density at radius 2 is 2.12 bits per heavy atom. The van der Waals surface area contributed by atoms with Gasteiger partial charge in [0.05, 0.1) is 11.4 Å². The average molecular weight is 229 g/mol. The Labute approximate surface area is 102 Å². The van der Waals surface area contributed by atoms with Crippen LogP contribution in [0.5, 0.6) is 0 Å². The molecule has 3 heteroatoms. The molecule has 0 fully saturated rings. The number of aromatic nitrogens is 2. The number of rotatable bonds is 3. The lowest BCUT2D eigenvalue weighted by Crippen LogP contribution is -2.09. The van der Waals surface area contributed by atoms with E-state index in [1.807, 2.05) is 17.7 Å². The third kappa shape index (κ3) is 2.39. The maximum Gasteiger partial charge on any atom is 0.0648 e.